The maximum Gasteiger partial charge on any atom is 0.338 e. The molecule has 0 radical (unpaired) electrons. The summed E-state index contributed by atoms with van der Waals surface area (Å²) in [6, 6.07) is 4.29. The minimum absolute atomic E-state index is 0.0274. The zero-order valence-corrected chi connectivity index (χ0v) is 16.3. The number of likely N-dealkylation sites (N-methyl/N-ethyl adjacent to an activating group) is 1. The minimum Gasteiger partial charge on any atom is -0.452 e. The first-order valence-corrected chi connectivity index (χ1v) is 10.2. The average molecular weight is 382 g/mol. The van der Waals surface area contributed by atoms with Gasteiger partial charge in [-0.15, -0.1) is 0 Å². The first-order chi connectivity index (χ1) is 12.2. The smallest absolute Gasteiger partial charge is 0.338 e. The summed E-state index contributed by atoms with van der Waals surface area (Å²) in [7, 11) is -0.588. The fourth-order valence-electron chi connectivity index (χ4n) is 2.83. The van der Waals surface area contributed by atoms with Crippen LogP contribution in [0.4, 0.5) is 0 Å². The number of hydrogen-bond donors (Lipinski definition) is 1. The molecule has 0 atom stereocenters. The van der Waals surface area contributed by atoms with Gasteiger partial charge < -0.3 is 9.64 Å². The Labute approximate surface area is 154 Å². The van der Waals surface area contributed by atoms with Gasteiger partial charge in [-0.05, 0) is 37.5 Å². The maximum absolute atomic E-state index is 12.6. The summed E-state index contributed by atoms with van der Waals surface area (Å²) < 4.78 is 33.0. The van der Waals surface area contributed by atoms with Crippen molar-refractivity contribution in [2.24, 2.45) is 0 Å². The molecule has 1 fully saturated rings. The van der Waals surface area contributed by atoms with Crippen LogP contribution < -0.4 is 4.72 Å². The van der Waals surface area contributed by atoms with Gasteiger partial charge in [0.1, 0.15) is 0 Å². The van der Waals surface area contributed by atoms with Crippen molar-refractivity contribution in [1.82, 2.24) is 9.62 Å². The molecule has 7 nitrogen and oxygen atoms in total. The van der Waals surface area contributed by atoms with Gasteiger partial charge in [0.25, 0.3) is 5.91 Å². The summed E-state index contributed by atoms with van der Waals surface area (Å²) in [5.74, 6) is -1.06. The van der Waals surface area contributed by atoms with Crippen LogP contribution in [0.15, 0.2) is 23.1 Å². The SMILES string of the molecule is Cc1ccc(S(=O)(=O)NC2CCCCC2)cc1C(=O)OCC(=O)N(C)C. The molecule has 0 aromatic heterocycles. The summed E-state index contributed by atoms with van der Waals surface area (Å²) in [6.07, 6.45) is 4.81. The summed E-state index contributed by atoms with van der Waals surface area (Å²) >= 11 is 0. The molecule has 1 saturated carbocycles. The number of nitrogens with one attached hydrogen (secondary N) is 1. The topological polar surface area (TPSA) is 92.8 Å². The summed E-state index contributed by atoms with van der Waals surface area (Å²) in [5.41, 5.74) is 0.729. The van der Waals surface area contributed by atoms with E-state index in [4.69, 9.17) is 4.74 Å². The lowest BCUT2D eigenvalue weighted by Crippen LogP contribution is -2.36. The van der Waals surface area contributed by atoms with E-state index < -0.39 is 16.0 Å². The van der Waals surface area contributed by atoms with Crippen molar-refractivity contribution in [3.63, 3.8) is 0 Å². The molecular formula is C18H26N2O5S. The standard InChI is InChI=1S/C18H26N2O5S/c1-13-9-10-15(26(23,24)19-14-7-5-4-6-8-14)11-16(13)18(22)25-12-17(21)20(2)3/h9-11,14,19H,4-8,12H2,1-3H3. The fraction of sp³-hybridized carbons (Fsp3) is 0.556. The zero-order valence-electron chi connectivity index (χ0n) is 15.4. The third kappa shape index (κ3) is 5.28. The van der Waals surface area contributed by atoms with Gasteiger partial charge in [-0.1, -0.05) is 25.3 Å². The molecule has 0 bridgehead atoms. The van der Waals surface area contributed by atoms with Crippen molar-refractivity contribution in [1.29, 1.82) is 0 Å². The highest BCUT2D eigenvalue weighted by molar-refractivity contribution is 7.89. The van der Waals surface area contributed by atoms with Gasteiger partial charge in [-0.2, -0.15) is 0 Å². The van der Waals surface area contributed by atoms with Crippen LogP contribution in [0.25, 0.3) is 0 Å². The lowest BCUT2D eigenvalue weighted by Gasteiger charge is -2.22. The Kier molecular flexibility index (Phi) is 6.77. The number of esters is 1. The Balaban J connectivity index is 2.14. The van der Waals surface area contributed by atoms with E-state index in [1.54, 1.807) is 27.1 Å². The van der Waals surface area contributed by atoms with Crippen LogP contribution >= 0.6 is 0 Å². The first kappa shape index (κ1) is 20.4. The lowest BCUT2D eigenvalue weighted by atomic mass is 9.96. The van der Waals surface area contributed by atoms with E-state index in [0.29, 0.717) is 5.56 Å². The summed E-state index contributed by atoms with van der Waals surface area (Å²) in [4.78, 5) is 25.1. The molecule has 0 saturated heterocycles. The molecule has 1 amide bonds. The van der Waals surface area contributed by atoms with Gasteiger partial charge in [-0.3, -0.25) is 4.79 Å². The third-order valence-corrected chi connectivity index (χ3v) is 6.01. The summed E-state index contributed by atoms with van der Waals surface area (Å²) in [5, 5.41) is 0. The van der Waals surface area contributed by atoms with Crippen molar-refractivity contribution < 1.29 is 22.7 Å². The summed E-state index contributed by atoms with van der Waals surface area (Å²) in [6.45, 7) is 1.30. The number of carbonyl (C=O) groups excluding carboxylic acids is 2. The molecule has 0 heterocycles. The molecule has 1 aromatic rings. The van der Waals surface area contributed by atoms with E-state index in [1.807, 2.05) is 0 Å². The van der Waals surface area contributed by atoms with Crippen LogP contribution in [0.5, 0.6) is 0 Å². The Morgan fingerprint density at radius 1 is 1.19 bits per heavy atom. The van der Waals surface area contributed by atoms with E-state index in [9.17, 15) is 18.0 Å². The number of ether oxygens (including phenoxy) is 1. The highest BCUT2D eigenvalue weighted by Crippen LogP contribution is 2.21. The van der Waals surface area contributed by atoms with Crippen molar-refractivity contribution in [3.05, 3.63) is 29.3 Å². The predicted molar refractivity (Wildman–Crippen MR) is 97.4 cm³/mol. The quantitative estimate of drug-likeness (QED) is 0.758. The molecule has 8 heteroatoms. The largest absolute Gasteiger partial charge is 0.452 e. The van der Waals surface area contributed by atoms with Gasteiger partial charge in [0.15, 0.2) is 6.61 Å². The fourth-order valence-corrected chi connectivity index (χ4v) is 4.16. The Morgan fingerprint density at radius 2 is 1.85 bits per heavy atom. The van der Waals surface area contributed by atoms with E-state index in [1.165, 1.54) is 17.0 Å². The number of amides is 1. The van der Waals surface area contributed by atoms with Gasteiger partial charge in [0.2, 0.25) is 10.0 Å². The number of nitrogens with zero attached hydrogens (tertiary/aromatic N) is 1. The molecule has 1 N–H and O–H groups in total. The number of rotatable bonds is 6. The highest BCUT2D eigenvalue weighted by Gasteiger charge is 2.24. The third-order valence-electron chi connectivity index (χ3n) is 4.49. The van der Waals surface area contributed by atoms with Crippen LogP contribution in [0.2, 0.25) is 0 Å². The number of benzene rings is 1. The molecule has 2 rings (SSSR count). The highest BCUT2D eigenvalue weighted by atomic mass is 32.2. The van der Waals surface area contributed by atoms with Crippen molar-refractivity contribution >= 4 is 21.9 Å². The van der Waals surface area contributed by atoms with Gasteiger partial charge in [0.05, 0.1) is 10.5 Å². The number of aryl methyl sites for hydroxylation is 1. The molecule has 0 unspecified atom stereocenters. The monoisotopic (exact) mass is 382 g/mol. The zero-order chi connectivity index (χ0) is 19.3. The minimum atomic E-state index is -3.71. The van der Waals surface area contributed by atoms with Crippen molar-refractivity contribution in [2.75, 3.05) is 20.7 Å². The molecule has 0 spiro atoms. The van der Waals surface area contributed by atoms with Crippen LogP contribution in [-0.2, 0) is 19.6 Å². The van der Waals surface area contributed by atoms with Crippen LogP contribution in [-0.4, -0.2) is 51.9 Å². The number of carbonyl (C=O) groups is 2. The molecule has 144 valence electrons. The maximum atomic E-state index is 12.6. The van der Waals surface area contributed by atoms with Crippen molar-refractivity contribution in [3.8, 4) is 0 Å². The second-order valence-corrected chi connectivity index (χ2v) is 8.51. The van der Waals surface area contributed by atoms with Crippen LogP contribution in [0, 0.1) is 6.92 Å². The molecule has 26 heavy (non-hydrogen) atoms. The second kappa shape index (κ2) is 8.64. The second-order valence-electron chi connectivity index (χ2n) is 6.80. The molecule has 1 aliphatic rings. The average Bonchev–Trinajstić information content (AvgIpc) is 2.59. The van der Waals surface area contributed by atoms with Gasteiger partial charge in [0, 0.05) is 20.1 Å². The Morgan fingerprint density at radius 3 is 2.46 bits per heavy atom. The van der Waals surface area contributed by atoms with Gasteiger partial charge in [-0.25, -0.2) is 17.9 Å². The predicted octanol–water partition coefficient (Wildman–Crippen LogP) is 1.85. The van der Waals surface area contributed by atoms with E-state index >= 15 is 0 Å². The van der Waals surface area contributed by atoms with E-state index in [0.717, 1.165) is 32.1 Å². The Bertz CT molecular complexity index is 768. The van der Waals surface area contributed by atoms with Crippen LogP contribution in [0.3, 0.4) is 0 Å². The van der Waals surface area contributed by atoms with Crippen LogP contribution in [0.1, 0.15) is 48.0 Å². The van der Waals surface area contributed by atoms with E-state index in [-0.39, 0.29) is 29.0 Å². The normalized spacial score (nSPS) is 15.5. The molecule has 1 aromatic carbocycles. The number of hydrogen-bond acceptors (Lipinski definition) is 5. The van der Waals surface area contributed by atoms with E-state index in [2.05, 4.69) is 4.72 Å². The number of sulfonamides is 1. The lowest BCUT2D eigenvalue weighted by molar-refractivity contribution is -0.131. The van der Waals surface area contributed by atoms with Gasteiger partial charge >= 0.3 is 5.97 Å². The van der Waals surface area contributed by atoms with Crippen molar-refractivity contribution in [2.45, 2.75) is 50.0 Å². The molecular weight excluding hydrogens is 356 g/mol. The first-order valence-electron chi connectivity index (χ1n) is 8.71. The molecule has 0 aliphatic heterocycles. The Hall–Kier alpha value is -1.93. The molecule has 1 aliphatic carbocycles.